The van der Waals surface area contributed by atoms with Gasteiger partial charge in [-0.15, -0.1) is 0 Å². The summed E-state index contributed by atoms with van der Waals surface area (Å²) < 4.78 is 2.49. The summed E-state index contributed by atoms with van der Waals surface area (Å²) in [6.07, 6.45) is 0. The van der Waals surface area contributed by atoms with Crippen molar-refractivity contribution in [3.8, 4) is 39.1 Å². The van der Waals surface area contributed by atoms with E-state index in [4.69, 9.17) is 0 Å². The van der Waals surface area contributed by atoms with E-state index in [1.165, 1.54) is 83.1 Å². The molecule has 0 atom stereocenters. The van der Waals surface area contributed by atoms with Crippen LogP contribution in [0.25, 0.3) is 60.9 Å². The predicted octanol–water partition coefficient (Wildman–Crippen LogP) is 12.8. The summed E-state index contributed by atoms with van der Waals surface area (Å²) in [4.78, 5) is 0. The highest BCUT2D eigenvalue weighted by Gasteiger charge is 2.37. The highest BCUT2D eigenvalue weighted by molar-refractivity contribution is 6.16. The molecule has 1 N–H and O–H groups in total. The first-order valence-electron chi connectivity index (χ1n) is 17.2. The van der Waals surface area contributed by atoms with Crippen molar-refractivity contribution in [2.75, 3.05) is 5.32 Å². The van der Waals surface area contributed by atoms with Crippen LogP contribution in [0.5, 0.6) is 0 Å². The van der Waals surface area contributed by atoms with E-state index < -0.39 is 0 Å². The Hall–Kier alpha value is -5.86. The van der Waals surface area contributed by atoms with Gasteiger partial charge in [-0.2, -0.15) is 0 Å². The summed E-state index contributed by atoms with van der Waals surface area (Å²) in [7, 11) is 0. The number of aryl methyl sites for hydroxylation is 2. The van der Waals surface area contributed by atoms with Crippen LogP contribution in [-0.4, -0.2) is 4.57 Å². The molecule has 0 radical (unpaired) electrons. The van der Waals surface area contributed by atoms with Gasteiger partial charge in [0.2, 0.25) is 0 Å². The van der Waals surface area contributed by atoms with Gasteiger partial charge in [0.15, 0.2) is 0 Å². The summed E-state index contributed by atoms with van der Waals surface area (Å²) >= 11 is 0. The summed E-state index contributed by atoms with van der Waals surface area (Å²) in [5.74, 6) is 0. The number of anilines is 2. The van der Waals surface area contributed by atoms with Gasteiger partial charge in [-0.05, 0) is 112 Å². The molecule has 0 spiro atoms. The van der Waals surface area contributed by atoms with E-state index in [1.807, 2.05) is 6.07 Å². The Balaban J connectivity index is 1.29. The molecule has 236 valence electrons. The first-order valence-corrected chi connectivity index (χ1v) is 17.2. The van der Waals surface area contributed by atoms with Crippen LogP contribution < -0.4 is 5.32 Å². The number of para-hydroxylation sites is 2. The summed E-state index contributed by atoms with van der Waals surface area (Å²) in [6.45, 7) is 9.31. The van der Waals surface area contributed by atoms with Crippen molar-refractivity contribution in [2.45, 2.75) is 33.1 Å². The SMILES string of the molecule is Cc1ccc2c(c1-c1c(C)ccc3c4cc(-c5ccc(Nc6ccccc6)cc5)ccc4n(-c4ccccc4)c13)-c1ccccc1C2(C)C. The monoisotopic (exact) mass is 630 g/mol. The number of rotatable bonds is 5. The van der Waals surface area contributed by atoms with Crippen LogP contribution in [0.1, 0.15) is 36.1 Å². The van der Waals surface area contributed by atoms with Crippen LogP contribution in [0.15, 0.2) is 152 Å². The van der Waals surface area contributed by atoms with Crippen LogP contribution >= 0.6 is 0 Å². The number of hydrogen-bond acceptors (Lipinski definition) is 1. The number of nitrogens with one attached hydrogen (secondary N) is 1. The van der Waals surface area contributed by atoms with Crippen LogP contribution in [0.3, 0.4) is 0 Å². The van der Waals surface area contributed by atoms with Gasteiger partial charge in [0.25, 0.3) is 0 Å². The minimum absolute atomic E-state index is 0.0661. The third-order valence-corrected chi connectivity index (χ3v) is 10.6. The predicted molar refractivity (Wildman–Crippen MR) is 208 cm³/mol. The second kappa shape index (κ2) is 11.1. The highest BCUT2D eigenvalue weighted by atomic mass is 15.0. The maximum absolute atomic E-state index is 3.52. The third kappa shape index (κ3) is 4.55. The van der Waals surface area contributed by atoms with E-state index in [0.29, 0.717) is 0 Å². The molecule has 0 saturated heterocycles. The molecule has 0 bridgehead atoms. The zero-order valence-electron chi connectivity index (χ0n) is 28.4. The number of hydrogen-bond donors (Lipinski definition) is 1. The molecule has 2 nitrogen and oxygen atoms in total. The van der Waals surface area contributed by atoms with Crippen molar-refractivity contribution in [3.05, 3.63) is 174 Å². The van der Waals surface area contributed by atoms with Gasteiger partial charge < -0.3 is 9.88 Å². The first-order chi connectivity index (χ1) is 23.9. The third-order valence-electron chi connectivity index (χ3n) is 10.6. The molecule has 7 aromatic carbocycles. The molecule has 1 aliphatic rings. The van der Waals surface area contributed by atoms with Crippen molar-refractivity contribution in [1.82, 2.24) is 4.57 Å². The van der Waals surface area contributed by atoms with E-state index >= 15 is 0 Å². The van der Waals surface area contributed by atoms with Crippen molar-refractivity contribution in [1.29, 1.82) is 0 Å². The zero-order chi connectivity index (χ0) is 33.3. The zero-order valence-corrected chi connectivity index (χ0v) is 28.4. The average Bonchev–Trinajstić information content (AvgIpc) is 3.58. The summed E-state index contributed by atoms with van der Waals surface area (Å²) in [5.41, 5.74) is 18.9. The van der Waals surface area contributed by atoms with E-state index in [1.54, 1.807) is 0 Å². The fourth-order valence-electron chi connectivity index (χ4n) is 8.20. The normalized spacial score (nSPS) is 13.1. The van der Waals surface area contributed by atoms with Gasteiger partial charge in [0.05, 0.1) is 11.0 Å². The topological polar surface area (TPSA) is 17.0 Å². The van der Waals surface area contributed by atoms with Crippen LogP contribution in [0, 0.1) is 13.8 Å². The Morgan fingerprint density at radius 3 is 1.90 bits per heavy atom. The molecule has 0 fully saturated rings. The molecular weight excluding hydrogens is 593 g/mol. The second-order valence-corrected chi connectivity index (χ2v) is 14.0. The molecular formula is C47H38N2. The number of nitrogens with zero attached hydrogens (tertiary/aromatic N) is 1. The van der Waals surface area contributed by atoms with Crippen LogP contribution in [-0.2, 0) is 5.41 Å². The molecule has 0 aliphatic heterocycles. The molecule has 49 heavy (non-hydrogen) atoms. The average molecular weight is 631 g/mol. The Kier molecular flexibility index (Phi) is 6.64. The highest BCUT2D eigenvalue weighted by Crippen LogP contribution is 2.54. The van der Waals surface area contributed by atoms with Crippen molar-refractivity contribution in [2.24, 2.45) is 0 Å². The Labute approximate surface area is 288 Å². The quantitative estimate of drug-likeness (QED) is 0.200. The number of fused-ring (bicyclic) bond motifs is 6. The van der Waals surface area contributed by atoms with E-state index in [9.17, 15) is 0 Å². The van der Waals surface area contributed by atoms with E-state index in [-0.39, 0.29) is 5.41 Å². The smallest absolute Gasteiger partial charge is 0.0622 e. The van der Waals surface area contributed by atoms with Gasteiger partial charge in [0, 0.05) is 38.8 Å². The number of benzene rings is 7. The van der Waals surface area contributed by atoms with Crippen molar-refractivity contribution >= 4 is 33.2 Å². The maximum Gasteiger partial charge on any atom is 0.0622 e. The van der Waals surface area contributed by atoms with Gasteiger partial charge in [-0.3, -0.25) is 0 Å². The summed E-state index contributed by atoms with van der Waals surface area (Å²) in [6, 6.07) is 55.3. The van der Waals surface area contributed by atoms with Gasteiger partial charge in [-0.25, -0.2) is 0 Å². The van der Waals surface area contributed by atoms with Gasteiger partial charge in [0.1, 0.15) is 0 Å². The Bertz CT molecular complexity index is 2540. The Morgan fingerprint density at radius 2 is 1.12 bits per heavy atom. The fraction of sp³-hybridized carbons (Fsp3) is 0.106. The van der Waals surface area contributed by atoms with E-state index in [2.05, 4.69) is 183 Å². The maximum atomic E-state index is 3.52. The molecule has 0 saturated carbocycles. The molecule has 2 heteroatoms. The lowest BCUT2D eigenvalue weighted by atomic mass is 9.81. The Morgan fingerprint density at radius 1 is 0.490 bits per heavy atom. The fourth-order valence-corrected chi connectivity index (χ4v) is 8.20. The van der Waals surface area contributed by atoms with Crippen molar-refractivity contribution < 1.29 is 0 Å². The van der Waals surface area contributed by atoms with Gasteiger partial charge in [-0.1, -0.05) is 117 Å². The molecule has 1 heterocycles. The summed E-state index contributed by atoms with van der Waals surface area (Å²) in [5, 5.41) is 6.04. The standard InChI is InChI=1S/C47H38N2/c1-30-20-27-41-45(38-17-11-12-18-40(38)47(41,3)4)43(30)44-31(2)19-26-37-39-29-33(23-28-42(39)49(46(37)44)36-15-9-6-10-16-36)32-21-24-35(25-22-32)48-34-13-7-5-8-14-34/h5-29,48H,1-4H3. The van der Waals surface area contributed by atoms with Crippen LogP contribution in [0.4, 0.5) is 11.4 Å². The molecule has 0 unspecified atom stereocenters. The first kappa shape index (κ1) is 29.3. The number of aromatic nitrogens is 1. The minimum Gasteiger partial charge on any atom is -0.356 e. The van der Waals surface area contributed by atoms with E-state index in [0.717, 1.165) is 11.4 Å². The second-order valence-electron chi connectivity index (χ2n) is 14.0. The lowest BCUT2D eigenvalue weighted by molar-refractivity contribution is 0.660. The minimum atomic E-state index is -0.0661. The molecule has 0 amide bonds. The molecule has 9 rings (SSSR count). The molecule has 1 aliphatic carbocycles. The van der Waals surface area contributed by atoms with Crippen LogP contribution in [0.2, 0.25) is 0 Å². The van der Waals surface area contributed by atoms with Gasteiger partial charge >= 0.3 is 0 Å². The lowest BCUT2D eigenvalue weighted by Crippen LogP contribution is -2.15. The molecule has 8 aromatic rings. The van der Waals surface area contributed by atoms with Crippen molar-refractivity contribution in [3.63, 3.8) is 0 Å². The lowest BCUT2D eigenvalue weighted by Gasteiger charge is -2.23. The largest absolute Gasteiger partial charge is 0.356 e. The molecule has 1 aromatic heterocycles.